The van der Waals surface area contributed by atoms with Gasteiger partial charge in [0, 0.05) is 11.7 Å². The molecule has 31 heavy (non-hydrogen) atoms. The highest BCUT2D eigenvalue weighted by Crippen LogP contribution is 2.44. The molecule has 4 rings (SSSR count). The molecule has 0 radical (unpaired) electrons. The first-order chi connectivity index (χ1) is 14.8. The Morgan fingerprint density at radius 3 is 2.26 bits per heavy atom. The van der Waals surface area contributed by atoms with E-state index in [0.29, 0.717) is 5.75 Å². The number of nitrogens with zero attached hydrogens (tertiary/aromatic N) is 1. The standard InChI is InChI=1S/C23H24N2O5S/c1-23(2)25(19(13-31-23)21(27)28)20(26)11-24-22(29)30-12-18-16-9-5-3-7-14(16)15-8-4-6-10-17(15)18/h3-10,18-19H,11-13H2,1-2H3,(H,24,29)(H,27,28)/t19-/m0/s1. The molecule has 2 aliphatic rings. The third-order valence-corrected chi connectivity index (χ3v) is 7.15. The Morgan fingerprint density at radius 2 is 1.68 bits per heavy atom. The molecule has 1 atom stereocenters. The highest BCUT2D eigenvalue weighted by molar-refractivity contribution is 8.00. The first kappa shape index (κ1) is 21.2. The van der Waals surface area contributed by atoms with Gasteiger partial charge in [-0.1, -0.05) is 48.5 Å². The van der Waals surface area contributed by atoms with Crippen molar-refractivity contribution in [3.63, 3.8) is 0 Å². The molecule has 8 heteroatoms. The Bertz CT molecular complexity index is 993. The summed E-state index contributed by atoms with van der Waals surface area (Å²) in [6, 6.07) is 15.2. The van der Waals surface area contributed by atoms with Crippen LogP contribution in [0.15, 0.2) is 48.5 Å². The summed E-state index contributed by atoms with van der Waals surface area (Å²) in [5, 5.41) is 11.9. The smallest absolute Gasteiger partial charge is 0.407 e. The van der Waals surface area contributed by atoms with Gasteiger partial charge in [0.2, 0.25) is 5.91 Å². The fraction of sp³-hybridized carbons (Fsp3) is 0.348. The second-order valence-electron chi connectivity index (χ2n) is 8.05. The van der Waals surface area contributed by atoms with Gasteiger partial charge in [0.15, 0.2) is 0 Å². The van der Waals surface area contributed by atoms with E-state index < -0.39 is 28.9 Å². The van der Waals surface area contributed by atoms with Crippen LogP contribution in [0.5, 0.6) is 0 Å². The number of aliphatic carboxylic acids is 1. The fourth-order valence-electron chi connectivity index (χ4n) is 4.34. The number of hydrogen-bond acceptors (Lipinski definition) is 5. The number of rotatable bonds is 5. The molecule has 2 aromatic rings. The number of carboxylic acids is 1. The maximum Gasteiger partial charge on any atom is 0.407 e. The first-order valence-electron chi connectivity index (χ1n) is 10.1. The van der Waals surface area contributed by atoms with Gasteiger partial charge in [0.05, 0.1) is 4.87 Å². The monoisotopic (exact) mass is 440 g/mol. The van der Waals surface area contributed by atoms with Crippen molar-refractivity contribution in [3.8, 4) is 11.1 Å². The number of nitrogens with one attached hydrogen (secondary N) is 1. The average Bonchev–Trinajstić information content (AvgIpc) is 3.24. The van der Waals surface area contributed by atoms with E-state index in [4.69, 9.17) is 4.74 Å². The Labute approximate surface area is 184 Å². The normalized spacial score (nSPS) is 18.9. The SMILES string of the molecule is CC1(C)SC[C@@H](C(=O)O)N1C(=O)CNC(=O)OCC1c2ccccc2-c2ccccc21. The lowest BCUT2D eigenvalue weighted by atomic mass is 9.98. The average molecular weight is 441 g/mol. The third-order valence-electron chi connectivity index (χ3n) is 5.77. The predicted molar refractivity (Wildman–Crippen MR) is 118 cm³/mol. The number of ether oxygens (including phenoxy) is 1. The van der Waals surface area contributed by atoms with Gasteiger partial charge in [-0.3, -0.25) is 4.79 Å². The van der Waals surface area contributed by atoms with Gasteiger partial charge in [-0.25, -0.2) is 9.59 Å². The Hall–Kier alpha value is -3.00. The Morgan fingerprint density at radius 1 is 1.10 bits per heavy atom. The van der Waals surface area contributed by atoms with Crippen LogP contribution in [-0.2, 0) is 14.3 Å². The first-order valence-corrected chi connectivity index (χ1v) is 11.1. The minimum Gasteiger partial charge on any atom is -0.480 e. The van der Waals surface area contributed by atoms with E-state index in [1.54, 1.807) is 13.8 Å². The van der Waals surface area contributed by atoms with Gasteiger partial charge < -0.3 is 20.1 Å². The Kier molecular flexibility index (Phi) is 5.66. The summed E-state index contributed by atoms with van der Waals surface area (Å²) in [4.78, 5) is 37.1. The van der Waals surface area contributed by atoms with E-state index in [9.17, 15) is 19.5 Å². The molecule has 0 saturated carbocycles. The molecule has 162 valence electrons. The molecule has 0 bridgehead atoms. The number of fused-ring (bicyclic) bond motifs is 3. The summed E-state index contributed by atoms with van der Waals surface area (Å²) in [6.45, 7) is 3.43. The zero-order valence-electron chi connectivity index (χ0n) is 17.3. The van der Waals surface area contributed by atoms with E-state index in [1.807, 2.05) is 36.4 Å². The molecule has 1 saturated heterocycles. The molecule has 1 aliphatic carbocycles. The lowest BCUT2D eigenvalue weighted by molar-refractivity contribution is -0.150. The molecule has 0 aromatic heterocycles. The van der Waals surface area contributed by atoms with Gasteiger partial charge in [-0.2, -0.15) is 0 Å². The van der Waals surface area contributed by atoms with E-state index in [1.165, 1.54) is 16.7 Å². The Balaban J connectivity index is 1.37. The summed E-state index contributed by atoms with van der Waals surface area (Å²) in [5.41, 5.74) is 4.48. The minimum atomic E-state index is -1.05. The summed E-state index contributed by atoms with van der Waals surface area (Å²) in [7, 11) is 0. The van der Waals surface area contributed by atoms with Crippen molar-refractivity contribution in [1.29, 1.82) is 0 Å². The molecule has 2 N–H and O–H groups in total. The van der Waals surface area contributed by atoms with Crippen molar-refractivity contribution in [1.82, 2.24) is 10.2 Å². The van der Waals surface area contributed by atoms with Crippen molar-refractivity contribution < 1.29 is 24.2 Å². The summed E-state index contributed by atoms with van der Waals surface area (Å²) in [5.74, 6) is -1.25. The van der Waals surface area contributed by atoms with Crippen molar-refractivity contribution in [2.45, 2.75) is 30.7 Å². The second kappa shape index (κ2) is 8.26. The molecule has 7 nitrogen and oxygen atoms in total. The number of carboxylic acid groups (broad SMARTS) is 1. The lowest BCUT2D eigenvalue weighted by Gasteiger charge is -2.33. The van der Waals surface area contributed by atoms with Crippen LogP contribution in [0.3, 0.4) is 0 Å². The molecule has 2 aromatic carbocycles. The summed E-state index contributed by atoms with van der Waals surface area (Å²) < 4.78 is 5.44. The number of carbonyl (C=O) groups is 3. The lowest BCUT2D eigenvalue weighted by Crippen LogP contribution is -2.53. The molecule has 0 unspecified atom stereocenters. The van der Waals surface area contributed by atoms with Gasteiger partial charge in [-0.15, -0.1) is 11.8 Å². The zero-order valence-corrected chi connectivity index (χ0v) is 18.1. The van der Waals surface area contributed by atoms with E-state index in [2.05, 4.69) is 17.4 Å². The highest BCUT2D eigenvalue weighted by atomic mass is 32.2. The van der Waals surface area contributed by atoms with Gasteiger partial charge >= 0.3 is 12.1 Å². The molecule has 1 fully saturated rings. The van der Waals surface area contributed by atoms with Crippen LogP contribution >= 0.6 is 11.8 Å². The van der Waals surface area contributed by atoms with Gasteiger partial charge in [0.1, 0.15) is 19.2 Å². The summed E-state index contributed by atoms with van der Waals surface area (Å²) >= 11 is 1.40. The molecule has 0 spiro atoms. The highest BCUT2D eigenvalue weighted by Gasteiger charge is 2.46. The molecular weight excluding hydrogens is 416 g/mol. The maximum atomic E-state index is 12.6. The number of alkyl carbamates (subject to hydrolysis) is 1. The van der Waals surface area contributed by atoms with E-state index in [0.717, 1.165) is 22.3 Å². The molecule has 2 amide bonds. The molecule has 1 heterocycles. The number of carbonyl (C=O) groups excluding carboxylic acids is 2. The van der Waals surface area contributed by atoms with Crippen LogP contribution in [0.25, 0.3) is 11.1 Å². The van der Waals surface area contributed by atoms with Crippen molar-refractivity contribution >= 4 is 29.7 Å². The fourth-order valence-corrected chi connectivity index (χ4v) is 5.57. The van der Waals surface area contributed by atoms with Crippen LogP contribution in [-0.4, -0.2) is 57.8 Å². The van der Waals surface area contributed by atoms with Crippen LogP contribution in [0, 0.1) is 0 Å². The quantitative estimate of drug-likeness (QED) is 0.741. The van der Waals surface area contributed by atoms with Crippen LogP contribution in [0.4, 0.5) is 4.79 Å². The predicted octanol–water partition coefficient (Wildman–Crippen LogP) is 3.29. The van der Waals surface area contributed by atoms with Crippen LogP contribution in [0.1, 0.15) is 30.9 Å². The number of benzene rings is 2. The van der Waals surface area contributed by atoms with Crippen molar-refractivity contribution in [3.05, 3.63) is 59.7 Å². The van der Waals surface area contributed by atoms with Crippen molar-refractivity contribution in [2.75, 3.05) is 18.9 Å². The minimum absolute atomic E-state index is 0.0702. The van der Waals surface area contributed by atoms with Gasteiger partial charge in [0.25, 0.3) is 0 Å². The zero-order chi connectivity index (χ0) is 22.2. The number of hydrogen-bond donors (Lipinski definition) is 2. The van der Waals surface area contributed by atoms with Gasteiger partial charge in [-0.05, 0) is 36.1 Å². The maximum absolute atomic E-state index is 12.6. The summed E-state index contributed by atoms with van der Waals surface area (Å²) in [6.07, 6.45) is -0.702. The van der Waals surface area contributed by atoms with E-state index >= 15 is 0 Å². The molecule has 1 aliphatic heterocycles. The second-order valence-corrected chi connectivity index (χ2v) is 9.68. The molecular formula is C23H24N2O5S. The largest absolute Gasteiger partial charge is 0.480 e. The van der Waals surface area contributed by atoms with E-state index in [-0.39, 0.29) is 19.1 Å². The number of amides is 2. The number of thioether (sulfide) groups is 1. The topological polar surface area (TPSA) is 95.9 Å². The van der Waals surface area contributed by atoms with Crippen LogP contribution < -0.4 is 5.32 Å². The third kappa shape index (κ3) is 3.99. The van der Waals surface area contributed by atoms with Crippen molar-refractivity contribution in [2.24, 2.45) is 0 Å². The van der Waals surface area contributed by atoms with Crippen LogP contribution in [0.2, 0.25) is 0 Å².